The Hall–Kier alpha value is -8.20. The molecule has 2 aromatic heterocycles. The van der Waals surface area contributed by atoms with Crippen LogP contribution in [0.5, 0.6) is 0 Å². The predicted molar refractivity (Wildman–Crippen MR) is 261 cm³/mol. The summed E-state index contributed by atoms with van der Waals surface area (Å²) in [5, 5.41) is 4.94. The highest BCUT2D eigenvalue weighted by Crippen LogP contribution is 2.38. The fraction of sp³-hybridized carbons (Fsp3) is 0. The molecule has 11 aromatic rings. The van der Waals surface area contributed by atoms with Crippen molar-refractivity contribution in [3.63, 3.8) is 0 Å². The number of aromatic nitrogens is 2. The minimum atomic E-state index is 0.928. The van der Waals surface area contributed by atoms with E-state index in [1.165, 1.54) is 43.8 Å². The Bertz CT molecular complexity index is 3170. The molecule has 0 amide bonds. The summed E-state index contributed by atoms with van der Waals surface area (Å²) < 4.78 is 0. The predicted octanol–water partition coefficient (Wildman–Crippen LogP) is 16.1. The highest BCUT2D eigenvalue weighted by molar-refractivity contribution is 5.98. The van der Waals surface area contributed by atoms with Gasteiger partial charge in [-0.05, 0) is 109 Å². The maximum absolute atomic E-state index is 5.30. The quantitative estimate of drug-likeness (QED) is 0.153. The second-order valence-corrected chi connectivity index (χ2v) is 15.8. The van der Waals surface area contributed by atoms with Crippen LogP contribution in [0.1, 0.15) is 0 Å². The van der Waals surface area contributed by atoms with Crippen LogP contribution in [0.3, 0.4) is 0 Å². The number of benzene rings is 9. The zero-order chi connectivity index (χ0) is 41.2. The Balaban J connectivity index is 1.03. The van der Waals surface area contributed by atoms with Gasteiger partial charge in [-0.1, -0.05) is 200 Å². The first-order valence-electron chi connectivity index (χ1n) is 21.1. The molecule has 0 fully saturated rings. The van der Waals surface area contributed by atoms with Gasteiger partial charge in [-0.2, -0.15) is 0 Å². The van der Waals surface area contributed by atoms with Crippen LogP contribution < -0.4 is 0 Å². The van der Waals surface area contributed by atoms with Crippen molar-refractivity contribution in [3.05, 3.63) is 243 Å². The molecule has 0 aliphatic carbocycles. The number of hydrogen-bond acceptors (Lipinski definition) is 2. The molecule has 0 N–H and O–H groups in total. The largest absolute Gasteiger partial charge is 0.248 e. The van der Waals surface area contributed by atoms with Gasteiger partial charge in [-0.25, -0.2) is 9.97 Å². The lowest BCUT2D eigenvalue weighted by Gasteiger charge is -2.14. The van der Waals surface area contributed by atoms with Crippen molar-refractivity contribution in [1.82, 2.24) is 9.97 Å². The van der Waals surface area contributed by atoms with Crippen LogP contribution in [-0.2, 0) is 0 Å². The number of nitrogens with zero attached hydrogens (tertiary/aromatic N) is 2. The molecule has 0 bridgehead atoms. The highest BCUT2D eigenvalue weighted by Gasteiger charge is 2.15. The van der Waals surface area contributed by atoms with Gasteiger partial charge in [0.15, 0.2) is 0 Å². The van der Waals surface area contributed by atoms with Gasteiger partial charge in [0.2, 0.25) is 0 Å². The van der Waals surface area contributed by atoms with Crippen LogP contribution in [0, 0.1) is 0 Å². The smallest absolute Gasteiger partial charge is 0.0715 e. The average molecular weight is 789 g/mol. The number of pyridine rings is 2. The zero-order valence-corrected chi connectivity index (χ0v) is 34.0. The standard InChI is InChI=1S/C60H40N2/c1-3-18-43(19-4-1)57-37-51(39-59(61-57)49-28-12-26-47(35-49)55-32-14-22-41-16-7-9-30-53(41)55)45-24-11-25-46(34-45)52-38-58(44-20-5-2-6-21-44)62-60(40-52)50-29-13-27-48(36-50)56-33-15-23-42-17-8-10-31-54(42)56/h1-40H. The number of rotatable bonds is 8. The van der Waals surface area contributed by atoms with Gasteiger partial charge < -0.3 is 0 Å². The van der Waals surface area contributed by atoms with E-state index in [2.05, 4.69) is 243 Å². The molecular weight excluding hydrogens is 749 g/mol. The maximum atomic E-state index is 5.30. The highest BCUT2D eigenvalue weighted by atomic mass is 14.7. The molecule has 0 unspecified atom stereocenters. The van der Waals surface area contributed by atoms with E-state index in [9.17, 15) is 0 Å². The third kappa shape index (κ3) is 7.25. The molecule has 9 aromatic carbocycles. The molecule has 11 rings (SSSR count). The molecule has 62 heavy (non-hydrogen) atoms. The average Bonchev–Trinajstić information content (AvgIpc) is 3.36. The van der Waals surface area contributed by atoms with Crippen molar-refractivity contribution in [2.45, 2.75) is 0 Å². The Labute approximate surface area is 362 Å². The van der Waals surface area contributed by atoms with Crippen LogP contribution in [0.15, 0.2) is 243 Å². The second kappa shape index (κ2) is 16.1. The normalized spacial score (nSPS) is 11.2. The molecule has 0 spiro atoms. The molecule has 2 nitrogen and oxygen atoms in total. The minimum absolute atomic E-state index is 0.928. The SMILES string of the molecule is c1ccc(-c2cc(-c3cccc(-c4cc(-c5ccccc5)nc(-c5cccc(-c6cccc7ccccc67)c5)c4)c3)cc(-c3cccc(-c4cccc5ccccc45)c3)n2)cc1. The van der Waals surface area contributed by atoms with Crippen LogP contribution in [-0.4, -0.2) is 9.97 Å². The molecule has 0 saturated heterocycles. The first-order chi connectivity index (χ1) is 30.7. The fourth-order valence-corrected chi connectivity index (χ4v) is 8.73. The van der Waals surface area contributed by atoms with Gasteiger partial charge in [0.1, 0.15) is 0 Å². The summed E-state index contributed by atoms with van der Waals surface area (Å²) in [5.41, 5.74) is 17.2. The Morgan fingerprint density at radius 2 is 0.500 bits per heavy atom. The fourth-order valence-electron chi connectivity index (χ4n) is 8.73. The third-order valence-corrected chi connectivity index (χ3v) is 11.8. The van der Waals surface area contributed by atoms with E-state index in [-0.39, 0.29) is 0 Å². The molecule has 0 aliphatic rings. The summed E-state index contributed by atoms with van der Waals surface area (Å²) in [6, 6.07) is 86.6. The third-order valence-electron chi connectivity index (χ3n) is 11.8. The van der Waals surface area contributed by atoms with E-state index in [4.69, 9.17) is 9.97 Å². The van der Waals surface area contributed by atoms with Crippen molar-refractivity contribution in [1.29, 1.82) is 0 Å². The zero-order valence-electron chi connectivity index (χ0n) is 34.0. The molecule has 0 atom stereocenters. The summed E-state index contributed by atoms with van der Waals surface area (Å²) in [6.45, 7) is 0. The van der Waals surface area contributed by atoms with Gasteiger partial charge in [0, 0.05) is 22.3 Å². The maximum Gasteiger partial charge on any atom is 0.0715 e. The second-order valence-electron chi connectivity index (χ2n) is 15.8. The van der Waals surface area contributed by atoms with Crippen molar-refractivity contribution in [2.75, 3.05) is 0 Å². The van der Waals surface area contributed by atoms with Crippen molar-refractivity contribution in [2.24, 2.45) is 0 Å². The lowest BCUT2D eigenvalue weighted by molar-refractivity contribution is 1.32. The van der Waals surface area contributed by atoms with Gasteiger partial charge >= 0.3 is 0 Å². The van der Waals surface area contributed by atoms with E-state index in [0.29, 0.717) is 0 Å². The van der Waals surface area contributed by atoms with Crippen molar-refractivity contribution < 1.29 is 0 Å². The molecule has 0 radical (unpaired) electrons. The number of fused-ring (bicyclic) bond motifs is 2. The van der Waals surface area contributed by atoms with Gasteiger partial charge in [-0.15, -0.1) is 0 Å². The molecule has 2 heterocycles. The molecular formula is C60H40N2. The van der Waals surface area contributed by atoms with E-state index in [1.54, 1.807) is 0 Å². The molecule has 0 saturated carbocycles. The lowest BCUT2D eigenvalue weighted by Crippen LogP contribution is -1.93. The molecule has 2 heteroatoms. The Kier molecular flexibility index (Phi) is 9.57. The van der Waals surface area contributed by atoms with Crippen LogP contribution >= 0.6 is 0 Å². The summed E-state index contributed by atoms with van der Waals surface area (Å²) in [5.74, 6) is 0. The Morgan fingerprint density at radius 1 is 0.194 bits per heavy atom. The van der Waals surface area contributed by atoms with E-state index in [1.807, 2.05) is 0 Å². The molecule has 290 valence electrons. The van der Waals surface area contributed by atoms with Gasteiger partial charge in [0.05, 0.1) is 22.8 Å². The summed E-state index contributed by atoms with van der Waals surface area (Å²) in [4.78, 5) is 10.6. The Morgan fingerprint density at radius 3 is 0.952 bits per heavy atom. The van der Waals surface area contributed by atoms with Crippen molar-refractivity contribution >= 4 is 21.5 Å². The van der Waals surface area contributed by atoms with Gasteiger partial charge in [-0.3, -0.25) is 0 Å². The van der Waals surface area contributed by atoms with E-state index in [0.717, 1.165) is 67.3 Å². The van der Waals surface area contributed by atoms with E-state index >= 15 is 0 Å². The summed E-state index contributed by atoms with van der Waals surface area (Å²) in [7, 11) is 0. The molecule has 0 aliphatic heterocycles. The summed E-state index contributed by atoms with van der Waals surface area (Å²) >= 11 is 0. The van der Waals surface area contributed by atoms with Crippen LogP contribution in [0.2, 0.25) is 0 Å². The van der Waals surface area contributed by atoms with Crippen LogP contribution in [0.4, 0.5) is 0 Å². The first kappa shape index (κ1) is 36.8. The monoisotopic (exact) mass is 788 g/mol. The lowest BCUT2D eigenvalue weighted by atomic mass is 9.93. The van der Waals surface area contributed by atoms with E-state index < -0.39 is 0 Å². The van der Waals surface area contributed by atoms with Crippen molar-refractivity contribution in [3.8, 4) is 89.5 Å². The minimum Gasteiger partial charge on any atom is -0.248 e. The van der Waals surface area contributed by atoms with Gasteiger partial charge in [0.25, 0.3) is 0 Å². The number of hydrogen-bond donors (Lipinski definition) is 0. The first-order valence-corrected chi connectivity index (χ1v) is 21.1. The van der Waals surface area contributed by atoms with Crippen LogP contribution in [0.25, 0.3) is 111 Å². The topological polar surface area (TPSA) is 25.8 Å². The summed E-state index contributed by atoms with van der Waals surface area (Å²) in [6.07, 6.45) is 0.